The molecule has 13 heavy (non-hydrogen) atoms. The first-order chi connectivity index (χ1) is 6.13. The molecule has 0 amide bonds. The summed E-state index contributed by atoms with van der Waals surface area (Å²) in [4.78, 5) is 18.3. The van der Waals surface area contributed by atoms with Crippen molar-refractivity contribution in [1.29, 1.82) is 0 Å². The predicted molar refractivity (Wildman–Crippen MR) is 46.6 cm³/mol. The molecule has 0 aliphatic rings. The van der Waals surface area contributed by atoms with Crippen LogP contribution in [0.3, 0.4) is 0 Å². The maximum Gasteiger partial charge on any atom is 0.310 e. The van der Waals surface area contributed by atoms with Gasteiger partial charge in [0.2, 0.25) is 5.95 Å². The Bertz CT molecular complexity index is 326. The van der Waals surface area contributed by atoms with Crippen LogP contribution in [0.25, 0.3) is 0 Å². The van der Waals surface area contributed by atoms with E-state index < -0.39 is 0 Å². The molecule has 0 aliphatic heterocycles. The highest BCUT2D eigenvalue weighted by Crippen LogP contribution is 2.09. The number of nitrogens with zero attached hydrogens (tertiary/aromatic N) is 2. The van der Waals surface area contributed by atoms with Gasteiger partial charge in [-0.15, -0.1) is 0 Å². The molecule has 70 valence electrons. The van der Waals surface area contributed by atoms with Crippen LogP contribution in [0.15, 0.2) is 6.20 Å². The summed E-state index contributed by atoms with van der Waals surface area (Å²) in [6, 6.07) is 0. The van der Waals surface area contributed by atoms with Crippen LogP contribution >= 0.6 is 0 Å². The van der Waals surface area contributed by atoms with Crippen LogP contribution in [0, 0.1) is 0 Å². The molecule has 4 N–H and O–H groups in total. The Morgan fingerprint density at radius 1 is 1.62 bits per heavy atom. The third-order valence-corrected chi connectivity index (χ3v) is 1.48. The smallest absolute Gasteiger partial charge is 0.310 e. The van der Waals surface area contributed by atoms with Crippen molar-refractivity contribution in [3.8, 4) is 0 Å². The number of methoxy groups -OCH3 is 1. The lowest BCUT2D eigenvalue weighted by Gasteiger charge is -2.02. The molecule has 0 spiro atoms. The summed E-state index contributed by atoms with van der Waals surface area (Å²) in [5.41, 5.74) is 11.3. The number of anilines is 2. The second-order valence-corrected chi connectivity index (χ2v) is 2.39. The maximum atomic E-state index is 10.9. The largest absolute Gasteiger partial charge is 0.469 e. The van der Waals surface area contributed by atoms with Crippen LogP contribution in [0.4, 0.5) is 11.8 Å². The van der Waals surface area contributed by atoms with Crippen LogP contribution in [-0.2, 0) is 16.0 Å². The maximum absolute atomic E-state index is 10.9. The lowest BCUT2D eigenvalue weighted by Crippen LogP contribution is -2.09. The molecule has 0 aromatic carbocycles. The lowest BCUT2D eigenvalue weighted by atomic mass is 10.2. The zero-order chi connectivity index (χ0) is 9.84. The molecule has 0 fully saturated rings. The van der Waals surface area contributed by atoms with E-state index in [4.69, 9.17) is 11.5 Å². The van der Waals surface area contributed by atoms with Gasteiger partial charge in [0.25, 0.3) is 0 Å². The Labute approximate surface area is 74.9 Å². The Balaban J connectivity index is 2.83. The fraction of sp³-hybridized carbons (Fsp3) is 0.286. The molecule has 1 aromatic rings. The van der Waals surface area contributed by atoms with Gasteiger partial charge in [0, 0.05) is 11.8 Å². The van der Waals surface area contributed by atoms with Gasteiger partial charge in [0.1, 0.15) is 5.82 Å². The fourth-order valence-electron chi connectivity index (χ4n) is 0.798. The molecule has 6 heteroatoms. The van der Waals surface area contributed by atoms with Gasteiger partial charge < -0.3 is 16.2 Å². The van der Waals surface area contributed by atoms with Crippen molar-refractivity contribution in [2.75, 3.05) is 18.6 Å². The van der Waals surface area contributed by atoms with E-state index in [0.717, 1.165) is 0 Å². The number of esters is 1. The number of nitrogen functional groups attached to an aromatic ring is 2. The molecule has 0 saturated heterocycles. The molecule has 1 heterocycles. The van der Waals surface area contributed by atoms with E-state index in [-0.39, 0.29) is 24.2 Å². The molecular formula is C7H10N4O2. The molecular weight excluding hydrogens is 172 g/mol. The molecule has 0 bridgehead atoms. The van der Waals surface area contributed by atoms with Crippen molar-refractivity contribution >= 4 is 17.7 Å². The number of carbonyl (C=O) groups excluding carboxylic acids is 1. The summed E-state index contributed by atoms with van der Waals surface area (Å²) in [5, 5.41) is 0. The van der Waals surface area contributed by atoms with E-state index in [2.05, 4.69) is 14.7 Å². The minimum absolute atomic E-state index is 0.0581. The van der Waals surface area contributed by atoms with Crippen molar-refractivity contribution in [2.45, 2.75) is 6.42 Å². The van der Waals surface area contributed by atoms with Crippen molar-refractivity contribution in [1.82, 2.24) is 9.97 Å². The zero-order valence-corrected chi connectivity index (χ0v) is 7.15. The molecule has 0 radical (unpaired) electrons. The number of hydrogen-bond acceptors (Lipinski definition) is 6. The highest BCUT2D eigenvalue weighted by molar-refractivity contribution is 5.74. The summed E-state index contributed by atoms with van der Waals surface area (Å²) in [6.45, 7) is 0. The average Bonchev–Trinajstić information content (AvgIpc) is 2.09. The van der Waals surface area contributed by atoms with Crippen molar-refractivity contribution in [3.05, 3.63) is 11.8 Å². The number of ether oxygens (including phenoxy) is 1. The lowest BCUT2D eigenvalue weighted by molar-refractivity contribution is -0.139. The summed E-state index contributed by atoms with van der Waals surface area (Å²) < 4.78 is 4.46. The van der Waals surface area contributed by atoms with E-state index in [1.807, 2.05) is 0 Å². The zero-order valence-electron chi connectivity index (χ0n) is 7.15. The monoisotopic (exact) mass is 182 g/mol. The second kappa shape index (κ2) is 3.70. The van der Waals surface area contributed by atoms with Gasteiger partial charge >= 0.3 is 5.97 Å². The van der Waals surface area contributed by atoms with E-state index in [9.17, 15) is 4.79 Å². The Morgan fingerprint density at radius 2 is 2.31 bits per heavy atom. The SMILES string of the molecule is COC(=O)Cc1cnc(N)nc1N. The van der Waals surface area contributed by atoms with Gasteiger partial charge in [-0.05, 0) is 0 Å². The van der Waals surface area contributed by atoms with Crippen LogP contribution < -0.4 is 11.5 Å². The minimum Gasteiger partial charge on any atom is -0.469 e. The second-order valence-electron chi connectivity index (χ2n) is 2.39. The number of nitrogens with two attached hydrogens (primary N) is 2. The average molecular weight is 182 g/mol. The summed E-state index contributed by atoms with van der Waals surface area (Å²) >= 11 is 0. The normalized spacial score (nSPS) is 9.62. The highest BCUT2D eigenvalue weighted by Gasteiger charge is 2.07. The van der Waals surface area contributed by atoms with Gasteiger partial charge in [-0.3, -0.25) is 4.79 Å². The number of aromatic nitrogens is 2. The van der Waals surface area contributed by atoms with Crippen LogP contribution in [0.1, 0.15) is 5.56 Å². The molecule has 0 aliphatic carbocycles. The highest BCUT2D eigenvalue weighted by atomic mass is 16.5. The predicted octanol–water partition coefficient (Wildman–Crippen LogP) is -0.643. The number of rotatable bonds is 2. The van der Waals surface area contributed by atoms with Crippen molar-refractivity contribution in [2.24, 2.45) is 0 Å². The number of hydrogen-bond donors (Lipinski definition) is 2. The first-order valence-corrected chi connectivity index (χ1v) is 3.57. The fourth-order valence-corrected chi connectivity index (χ4v) is 0.798. The van der Waals surface area contributed by atoms with E-state index in [1.165, 1.54) is 13.3 Å². The van der Waals surface area contributed by atoms with Gasteiger partial charge in [-0.1, -0.05) is 0 Å². The first-order valence-electron chi connectivity index (χ1n) is 3.57. The van der Waals surface area contributed by atoms with Crippen molar-refractivity contribution < 1.29 is 9.53 Å². The quantitative estimate of drug-likeness (QED) is 0.589. The van der Waals surface area contributed by atoms with Gasteiger partial charge in [-0.25, -0.2) is 4.98 Å². The van der Waals surface area contributed by atoms with Gasteiger partial charge in [0.15, 0.2) is 0 Å². The van der Waals surface area contributed by atoms with Crippen molar-refractivity contribution in [3.63, 3.8) is 0 Å². The molecule has 0 unspecified atom stereocenters. The Hall–Kier alpha value is -1.85. The Morgan fingerprint density at radius 3 is 2.85 bits per heavy atom. The minimum atomic E-state index is -0.389. The van der Waals surface area contributed by atoms with Crippen LogP contribution in [0.2, 0.25) is 0 Å². The molecule has 1 aromatic heterocycles. The van der Waals surface area contributed by atoms with Gasteiger partial charge in [0.05, 0.1) is 13.5 Å². The molecule has 1 rings (SSSR count). The third kappa shape index (κ3) is 2.29. The van der Waals surface area contributed by atoms with E-state index in [0.29, 0.717) is 5.56 Å². The molecule has 0 saturated carbocycles. The summed E-state index contributed by atoms with van der Waals surface area (Å²) in [7, 11) is 1.30. The topological polar surface area (TPSA) is 104 Å². The van der Waals surface area contributed by atoms with Gasteiger partial charge in [-0.2, -0.15) is 4.98 Å². The number of carbonyl (C=O) groups is 1. The third-order valence-electron chi connectivity index (χ3n) is 1.48. The first kappa shape index (κ1) is 9.24. The van der Waals surface area contributed by atoms with E-state index >= 15 is 0 Å². The summed E-state index contributed by atoms with van der Waals surface area (Å²) in [5.74, 6) is -0.0934. The van der Waals surface area contributed by atoms with Crippen LogP contribution in [-0.4, -0.2) is 23.0 Å². The summed E-state index contributed by atoms with van der Waals surface area (Å²) in [6.07, 6.45) is 1.47. The van der Waals surface area contributed by atoms with Crippen LogP contribution in [0.5, 0.6) is 0 Å². The van der Waals surface area contributed by atoms with E-state index in [1.54, 1.807) is 0 Å². The molecule has 6 nitrogen and oxygen atoms in total. The Kier molecular flexibility index (Phi) is 2.63. The standard InChI is InChI=1S/C7H10N4O2/c1-13-5(12)2-4-3-10-7(9)11-6(4)8/h3H,2H2,1H3,(H4,8,9,10,11). The molecule has 0 atom stereocenters.